The molecule has 0 atom stereocenters. The summed E-state index contributed by atoms with van der Waals surface area (Å²) in [7, 11) is -0.0191. The lowest BCUT2D eigenvalue weighted by molar-refractivity contribution is -0.114. The van der Waals surface area contributed by atoms with E-state index < -0.39 is 22.5 Å². The first-order valence-electron chi connectivity index (χ1n) is 9.83. The Labute approximate surface area is 211 Å². The van der Waals surface area contributed by atoms with E-state index in [4.69, 9.17) is 25.8 Å². The highest BCUT2D eigenvalue weighted by Crippen LogP contribution is 2.37. The fourth-order valence-corrected chi connectivity index (χ4v) is 5.00. The summed E-state index contributed by atoms with van der Waals surface area (Å²) in [5.41, 5.74) is 0.616. The molecule has 0 saturated carbocycles. The number of rotatable bonds is 9. The second-order valence-electron chi connectivity index (χ2n) is 6.90. The van der Waals surface area contributed by atoms with Gasteiger partial charge < -0.3 is 19.5 Å². The third-order valence-corrected chi connectivity index (χ3v) is 7.29. The second-order valence-corrected chi connectivity index (χ2v) is 10.1. The normalized spacial score (nSPS) is 11.0. The number of hydrogen-bond acceptors (Lipinski definition) is 6. The molecule has 0 spiro atoms. The van der Waals surface area contributed by atoms with E-state index in [1.165, 1.54) is 51.7 Å². The number of benzene rings is 3. The molecule has 0 radical (unpaired) electrons. The molecule has 34 heavy (non-hydrogen) atoms. The maximum absolute atomic E-state index is 13.8. The number of hydrogen-bond donors (Lipinski definition) is 1. The molecule has 0 saturated heterocycles. The third-order valence-electron chi connectivity index (χ3n) is 4.77. The number of anilines is 2. The van der Waals surface area contributed by atoms with Crippen LogP contribution in [0, 0.1) is 0 Å². The Morgan fingerprint density at radius 2 is 1.53 bits per heavy atom. The number of methoxy groups -OCH3 is 3. The summed E-state index contributed by atoms with van der Waals surface area (Å²) in [6.07, 6.45) is 0. The number of ether oxygens (including phenoxy) is 3. The van der Waals surface area contributed by atoms with Gasteiger partial charge in [-0.3, -0.25) is 9.10 Å². The van der Waals surface area contributed by atoms with Crippen LogP contribution in [0.1, 0.15) is 0 Å². The van der Waals surface area contributed by atoms with Crippen LogP contribution < -0.4 is 23.8 Å². The van der Waals surface area contributed by atoms with Crippen molar-refractivity contribution in [2.75, 3.05) is 37.5 Å². The molecule has 0 unspecified atom stereocenters. The summed E-state index contributed by atoms with van der Waals surface area (Å²) in [6, 6.07) is 15.6. The van der Waals surface area contributed by atoms with E-state index in [1.807, 2.05) is 0 Å². The maximum atomic E-state index is 13.8. The lowest BCUT2D eigenvalue weighted by Gasteiger charge is -2.26. The Balaban J connectivity index is 2.07. The van der Waals surface area contributed by atoms with Gasteiger partial charge in [0, 0.05) is 21.2 Å². The van der Waals surface area contributed by atoms with Crippen LogP contribution in [-0.2, 0) is 14.8 Å². The molecule has 11 heteroatoms. The van der Waals surface area contributed by atoms with Crippen molar-refractivity contribution in [3.63, 3.8) is 0 Å². The average molecular weight is 570 g/mol. The van der Waals surface area contributed by atoms with Gasteiger partial charge in [0.2, 0.25) is 5.91 Å². The van der Waals surface area contributed by atoms with E-state index in [2.05, 4.69) is 21.2 Å². The first-order chi connectivity index (χ1) is 16.2. The molecular formula is C23H22BrClN2O6S. The fraction of sp³-hybridized carbons (Fsp3) is 0.174. The number of nitrogens with zero attached hydrogens (tertiary/aromatic N) is 1. The van der Waals surface area contributed by atoms with E-state index in [9.17, 15) is 13.2 Å². The van der Waals surface area contributed by atoms with Gasteiger partial charge >= 0.3 is 0 Å². The Kier molecular flexibility index (Phi) is 8.29. The average Bonchev–Trinajstić information content (AvgIpc) is 2.83. The molecule has 3 aromatic rings. The van der Waals surface area contributed by atoms with Crippen LogP contribution in [0.15, 0.2) is 70.0 Å². The molecule has 3 aromatic carbocycles. The minimum absolute atomic E-state index is 0.107. The molecule has 180 valence electrons. The molecule has 0 aliphatic heterocycles. The monoisotopic (exact) mass is 568 g/mol. The Morgan fingerprint density at radius 3 is 2.15 bits per heavy atom. The standard InChI is InChI=1S/C23H22BrClN2O6S/c1-31-20-10-6-16(25)12-19(20)27(14-23(28)26-17-7-4-15(24)5-8-17)34(29,30)18-9-11-21(32-2)22(13-18)33-3/h4-13H,14H2,1-3H3,(H,26,28). The summed E-state index contributed by atoms with van der Waals surface area (Å²) in [6.45, 7) is -0.538. The molecule has 3 rings (SSSR count). The predicted octanol–water partition coefficient (Wildman–Crippen LogP) is 4.96. The minimum atomic E-state index is -4.26. The summed E-state index contributed by atoms with van der Waals surface area (Å²) in [5.74, 6) is 0.250. The molecule has 1 amide bonds. The van der Waals surface area contributed by atoms with Crippen LogP contribution in [0.25, 0.3) is 0 Å². The van der Waals surface area contributed by atoms with E-state index in [-0.39, 0.29) is 27.1 Å². The van der Waals surface area contributed by atoms with Gasteiger partial charge in [0.1, 0.15) is 12.3 Å². The highest BCUT2D eigenvalue weighted by molar-refractivity contribution is 9.10. The van der Waals surface area contributed by atoms with Crippen molar-refractivity contribution < 1.29 is 27.4 Å². The van der Waals surface area contributed by atoms with Crippen LogP contribution in [0.4, 0.5) is 11.4 Å². The van der Waals surface area contributed by atoms with Crippen molar-refractivity contribution in [3.05, 3.63) is 70.2 Å². The lowest BCUT2D eigenvalue weighted by atomic mass is 10.3. The number of amides is 1. The first kappa shape index (κ1) is 25.7. The van der Waals surface area contributed by atoms with E-state index in [0.29, 0.717) is 11.4 Å². The summed E-state index contributed by atoms with van der Waals surface area (Å²) in [5, 5.41) is 2.98. The van der Waals surface area contributed by atoms with Gasteiger partial charge in [0.05, 0.1) is 31.9 Å². The van der Waals surface area contributed by atoms with Crippen LogP contribution in [0.2, 0.25) is 5.02 Å². The van der Waals surface area contributed by atoms with Gasteiger partial charge in [-0.2, -0.15) is 0 Å². The quantitative estimate of drug-likeness (QED) is 0.391. The number of nitrogens with one attached hydrogen (secondary N) is 1. The van der Waals surface area contributed by atoms with Gasteiger partial charge in [-0.15, -0.1) is 0 Å². The van der Waals surface area contributed by atoms with Crippen LogP contribution in [0.5, 0.6) is 17.2 Å². The number of sulfonamides is 1. The van der Waals surface area contributed by atoms with Gasteiger partial charge in [-0.05, 0) is 54.6 Å². The first-order valence-corrected chi connectivity index (χ1v) is 12.4. The molecule has 0 aromatic heterocycles. The lowest BCUT2D eigenvalue weighted by Crippen LogP contribution is -2.38. The molecule has 0 aliphatic carbocycles. The zero-order valence-corrected chi connectivity index (χ0v) is 21.7. The Bertz CT molecular complexity index is 1290. The van der Waals surface area contributed by atoms with Crippen LogP contribution in [-0.4, -0.2) is 42.2 Å². The topological polar surface area (TPSA) is 94.2 Å². The summed E-state index contributed by atoms with van der Waals surface area (Å²) >= 11 is 9.50. The van der Waals surface area contributed by atoms with E-state index in [1.54, 1.807) is 30.3 Å². The zero-order valence-electron chi connectivity index (χ0n) is 18.5. The van der Waals surface area contributed by atoms with Crippen molar-refractivity contribution in [3.8, 4) is 17.2 Å². The summed E-state index contributed by atoms with van der Waals surface area (Å²) in [4.78, 5) is 12.8. The van der Waals surface area contributed by atoms with Gasteiger partial charge in [-0.25, -0.2) is 8.42 Å². The van der Waals surface area contributed by atoms with Crippen molar-refractivity contribution >= 4 is 54.8 Å². The number of halogens is 2. The second kappa shape index (κ2) is 11.0. The molecule has 0 bridgehead atoms. The van der Waals surface area contributed by atoms with Crippen LogP contribution in [0.3, 0.4) is 0 Å². The Hall–Kier alpha value is -2.95. The third kappa shape index (κ3) is 5.75. The van der Waals surface area contributed by atoms with Crippen molar-refractivity contribution in [1.29, 1.82) is 0 Å². The largest absolute Gasteiger partial charge is 0.495 e. The number of carbonyl (C=O) groups is 1. The summed E-state index contributed by atoms with van der Waals surface area (Å²) < 4.78 is 45.1. The number of carbonyl (C=O) groups excluding carboxylic acids is 1. The molecule has 0 aliphatic rings. The van der Waals surface area contributed by atoms with E-state index >= 15 is 0 Å². The maximum Gasteiger partial charge on any atom is 0.265 e. The molecule has 0 heterocycles. The molecule has 0 fully saturated rings. The fourth-order valence-electron chi connectivity index (χ4n) is 3.13. The molecule has 1 N–H and O–H groups in total. The highest BCUT2D eigenvalue weighted by Gasteiger charge is 2.30. The van der Waals surface area contributed by atoms with Gasteiger partial charge in [0.15, 0.2) is 11.5 Å². The Morgan fingerprint density at radius 1 is 0.912 bits per heavy atom. The van der Waals surface area contributed by atoms with Crippen molar-refractivity contribution in [2.24, 2.45) is 0 Å². The molecular weight excluding hydrogens is 548 g/mol. The van der Waals surface area contributed by atoms with Crippen molar-refractivity contribution in [2.45, 2.75) is 4.90 Å². The minimum Gasteiger partial charge on any atom is -0.495 e. The van der Waals surface area contributed by atoms with Crippen LogP contribution >= 0.6 is 27.5 Å². The van der Waals surface area contributed by atoms with Gasteiger partial charge in [-0.1, -0.05) is 27.5 Å². The van der Waals surface area contributed by atoms with Gasteiger partial charge in [0.25, 0.3) is 10.0 Å². The molecule has 8 nitrogen and oxygen atoms in total. The predicted molar refractivity (Wildman–Crippen MR) is 135 cm³/mol. The highest BCUT2D eigenvalue weighted by atomic mass is 79.9. The SMILES string of the molecule is COc1ccc(S(=O)(=O)N(CC(=O)Nc2ccc(Br)cc2)c2cc(Cl)ccc2OC)cc1OC. The van der Waals surface area contributed by atoms with E-state index in [0.717, 1.165) is 8.78 Å². The smallest absolute Gasteiger partial charge is 0.265 e. The van der Waals surface area contributed by atoms with Crippen molar-refractivity contribution in [1.82, 2.24) is 0 Å². The zero-order chi connectivity index (χ0) is 24.9.